The van der Waals surface area contributed by atoms with Gasteiger partial charge in [0.25, 0.3) is 0 Å². The van der Waals surface area contributed by atoms with E-state index in [9.17, 15) is 14.0 Å². The Balaban J connectivity index is 1.78. The van der Waals surface area contributed by atoms with Crippen molar-refractivity contribution in [1.82, 2.24) is 5.32 Å². The van der Waals surface area contributed by atoms with Crippen LogP contribution < -0.4 is 5.32 Å². The lowest BCUT2D eigenvalue weighted by atomic mass is 10.1. The Labute approximate surface area is 133 Å². The van der Waals surface area contributed by atoms with E-state index < -0.39 is 5.82 Å². The summed E-state index contributed by atoms with van der Waals surface area (Å²) in [6.07, 6.45) is 0.828. The van der Waals surface area contributed by atoms with E-state index in [1.807, 2.05) is 12.1 Å². The van der Waals surface area contributed by atoms with Crippen LogP contribution in [0, 0.1) is 5.82 Å². The molecule has 0 saturated carbocycles. The summed E-state index contributed by atoms with van der Waals surface area (Å²) in [6.45, 7) is -0.0972. The van der Waals surface area contributed by atoms with Crippen LogP contribution in [0.5, 0.6) is 0 Å². The molecule has 0 aromatic heterocycles. The van der Waals surface area contributed by atoms with Crippen LogP contribution in [0.15, 0.2) is 48.5 Å². The predicted molar refractivity (Wildman–Crippen MR) is 83.5 cm³/mol. The lowest BCUT2D eigenvalue weighted by molar-refractivity contribution is -0.120. The van der Waals surface area contributed by atoms with Crippen molar-refractivity contribution in [1.29, 1.82) is 0 Å². The molecule has 0 aliphatic rings. The van der Waals surface area contributed by atoms with Crippen LogP contribution in [0.4, 0.5) is 4.39 Å². The third-order valence-electron chi connectivity index (χ3n) is 3.14. The van der Waals surface area contributed by atoms with Crippen LogP contribution in [0.3, 0.4) is 0 Å². The van der Waals surface area contributed by atoms with Crippen molar-refractivity contribution in [3.8, 4) is 0 Å². The number of halogens is 2. The first-order chi connectivity index (χ1) is 10.5. The number of aryl methyl sites for hydroxylation is 1. The second kappa shape index (κ2) is 7.71. The van der Waals surface area contributed by atoms with Gasteiger partial charge in [0.15, 0.2) is 5.78 Å². The second-order valence-corrected chi connectivity index (χ2v) is 5.27. The van der Waals surface area contributed by atoms with Crippen molar-refractivity contribution in [3.05, 3.63) is 70.5 Å². The van der Waals surface area contributed by atoms with E-state index in [1.54, 1.807) is 12.1 Å². The average Bonchev–Trinajstić information content (AvgIpc) is 2.51. The fourth-order valence-corrected chi connectivity index (χ4v) is 2.17. The molecule has 2 rings (SSSR count). The summed E-state index contributed by atoms with van der Waals surface area (Å²) < 4.78 is 12.8. The molecule has 1 amide bonds. The highest BCUT2D eigenvalue weighted by Gasteiger charge is 2.08. The van der Waals surface area contributed by atoms with E-state index in [-0.39, 0.29) is 24.7 Å². The number of hydrogen-bond acceptors (Lipinski definition) is 2. The highest BCUT2D eigenvalue weighted by atomic mass is 35.5. The SMILES string of the molecule is O=C(CCc1cccc(Cl)c1)NCC(=O)c1ccc(F)cc1. The van der Waals surface area contributed by atoms with E-state index in [4.69, 9.17) is 11.6 Å². The van der Waals surface area contributed by atoms with E-state index in [0.717, 1.165) is 5.56 Å². The summed E-state index contributed by atoms with van der Waals surface area (Å²) in [5, 5.41) is 3.19. The van der Waals surface area contributed by atoms with Gasteiger partial charge in [-0.2, -0.15) is 0 Å². The van der Waals surface area contributed by atoms with Crippen LogP contribution in [0.25, 0.3) is 0 Å². The van der Waals surface area contributed by atoms with E-state index in [1.165, 1.54) is 24.3 Å². The number of amides is 1. The molecule has 1 N–H and O–H groups in total. The molecule has 0 unspecified atom stereocenters. The maximum Gasteiger partial charge on any atom is 0.220 e. The number of carbonyl (C=O) groups excluding carboxylic acids is 2. The summed E-state index contributed by atoms with van der Waals surface area (Å²) in [5.41, 5.74) is 1.34. The van der Waals surface area contributed by atoms with E-state index >= 15 is 0 Å². The van der Waals surface area contributed by atoms with Crippen LogP contribution in [0.1, 0.15) is 22.3 Å². The molecule has 0 atom stereocenters. The Kier molecular flexibility index (Phi) is 5.67. The van der Waals surface area contributed by atoms with Crippen molar-refractivity contribution >= 4 is 23.3 Å². The number of rotatable bonds is 6. The van der Waals surface area contributed by atoms with Crippen molar-refractivity contribution < 1.29 is 14.0 Å². The molecule has 0 heterocycles. The van der Waals surface area contributed by atoms with Gasteiger partial charge in [0.05, 0.1) is 6.54 Å². The van der Waals surface area contributed by atoms with Gasteiger partial charge in [-0.3, -0.25) is 9.59 Å². The second-order valence-electron chi connectivity index (χ2n) is 4.84. The summed E-state index contributed by atoms with van der Waals surface area (Å²) in [5.74, 6) is -0.867. The number of benzene rings is 2. The van der Waals surface area contributed by atoms with Crippen molar-refractivity contribution in [3.63, 3.8) is 0 Å². The highest BCUT2D eigenvalue weighted by molar-refractivity contribution is 6.30. The molecule has 0 fully saturated rings. The van der Waals surface area contributed by atoms with Gasteiger partial charge in [-0.05, 0) is 48.4 Å². The van der Waals surface area contributed by atoms with Crippen molar-refractivity contribution in [2.75, 3.05) is 6.54 Å². The third-order valence-corrected chi connectivity index (χ3v) is 3.38. The van der Waals surface area contributed by atoms with Crippen LogP contribution >= 0.6 is 11.6 Å². The summed E-state index contributed by atoms with van der Waals surface area (Å²) in [7, 11) is 0. The summed E-state index contributed by atoms with van der Waals surface area (Å²) in [6, 6.07) is 12.5. The Bertz CT molecular complexity index is 671. The molecule has 2 aromatic carbocycles. The monoisotopic (exact) mass is 319 g/mol. The first-order valence-electron chi connectivity index (χ1n) is 6.84. The molecule has 5 heteroatoms. The number of ketones is 1. The Hall–Kier alpha value is -2.20. The van der Waals surface area contributed by atoms with Gasteiger partial charge in [-0.15, -0.1) is 0 Å². The van der Waals surface area contributed by atoms with Gasteiger partial charge in [0.1, 0.15) is 5.82 Å². The maximum absolute atomic E-state index is 12.8. The summed E-state index contributed by atoms with van der Waals surface area (Å²) >= 11 is 5.87. The molecule has 3 nitrogen and oxygen atoms in total. The van der Waals surface area contributed by atoms with Crippen molar-refractivity contribution in [2.24, 2.45) is 0 Å². The van der Waals surface area contributed by atoms with Crippen LogP contribution in [-0.4, -0.2) is 18.2 Å². The topological polar surface area (TPSA) is 46.2 Å². The molecule has 0 bridgehead atoms. The van der Waals surface area contributed by atoms with Gasteiger partial charge < -0.3 is 5.32 Å². The first kappa shape index (κ1) is 16.2. The number of carbonyl (C=O) groups is 2. The molecular weight excluding hydrogens is 305 g/mol. The number of nitrogens with one attached hydrogen (secondary N) is 1. The smallest absolute Gasteiger partial charge is 0.220 e. The lowest BCUT2D eigenvalue weighted by Crippen LogP contribution is -2.29. The number of hydrogen-bond donors (Lipinski definition) is 1. The Morgan fingerprint density at radius 3 is 2.50 bits per heavy atom. The standard InChI is InChI=1S/C17H15ClFNO2/c18-14-3-1-2-12(10-14)4-9-17(22)20-11-16(21)13-5-7-15(19)8-6-13/h1-3,5-8,10H,4,9,11H2,(H,20,22). The van der Waals surface area contributed by atoms with Gasteiger partial charge >= 0.3 is 0 Å². The zero-order valence-electron chi connectivity index (χ0n) is 11.8. The average molecular weight is 320 g/mol. The van der Waals surface area contributed by atoms with Gasteiger partial charge in [0.2, 0.25) is 5.91 Å². The quantitative estimate of drug-likeness (QED) is 0.829. The Morgan fingerprint density at radius 2 is 1.82 bits per heavy atom. The minimum absolute atomic E-state index is 0.0972. The molecule has 2 aromatic rings. The molecule has 22 heavy (non-hydrogen) atoms. The fraction of sp³-hybridized carbons (Fsp3) is 0.176. The maximum atomic E-state index is 12.8. The largest absolute Gasteiger partial charge is 0.349 e. The van der Waals surface area contributed by atoms with E-state index in [0.29, 0.717) is 17.0 Å². The zero-order chi connectivity index (χ0) is 15.9. The predicted octanol–water partition coefficient (Wildman–Crippen LogP) is 3.41. The molecule has 0 saturated heterocycles. The fourth-order valence-electron chi connectivity index (χ4n) is 1.96. The molecule has 0 aliphatic heterocycles. The minimum Gasteiger partial charge on any atom is -0.349 e. The van der Waals surface area contributed by atoms with Crippen LogP contribution in [0.2, 0.25) is 5.02 Å². The molecule has 0 spiro atoms. The van der Waals surface area contributed by atoms with Gasteiger partial charge in [-0.1, -0.05) is 23.7 Å². The van der Waals surface area contributed by atoms with Crippen molar-refractivity contribution in [2.45, 2.75) is 12.8 Å². The molecule has 114 valence electrons. The molecule has 0 aliphatic carbocycles. The third kappa shape index (κ3) is 4.97. The highest BCUT2D eigenvalue weighted by Crippen LogP contribution is 2.12. The lowest BCUT2D eigenvalue weighted by Gasteiger charge is -2.05. The molecular formula is C17H15ClFNO2. The number of Topliss-reactive ketones (excluding diaryl/α,β-unsaturated/α-hetero) is 1. The van der Waals surface area contributed by atoms with Gasteiger partial charge in [0, 0.05) is 17.0 Å². The first-order valence-corrected chi connectivity index (χ1v) is 7.22. The molecule has 0 radical (unpaired) electrons. The van der Waals surface area contributed by atoms with Gasteiger partial charge in [-0.25, -0.2) is 4.39 Å². The van der Waals surface area contributed by atoms with Crippen LogP contribution in [-0.2, 0) is 11.2 Å². The normalized spacial score (nSPS) is 10.3. The Morgan fingerprint density at radius 1 is 1.09 bits per heavy atom. The van der Waals surface area contributed by atoms with E-state index in [2.05, 4.69) is 5.32 Å². The summed E-state index contributed by atoms with van der Waals surface area (Å²) in [4.78, 5) is 23.6. The minimum atomic E-state index is -0.401. The zero-order valence-corrected chi connectivity index (χ0v) is 12.6.